The van der Waals surface area contributed by atoms with Crippen molar-refractivity contribution in [3.8, 4) is 22.6 Å². The summed E-state index contributed by atoms with van der Waals surface area (Å²) in [6.07, 6.45) is 4.63. The van der Waals surface area contributed by atoms with Crippen LogP contribution in [0.25, 0.3) is 22.6 Å². The van der Waals surface area contributed by atoms with Crippen LogP contribution in [0.1, 0.15) is 26.2 Å². The van der Waals surface area contributed by atoms with Crippen LogP contribution in [0, 0.1) is 5.92 Å². The van der Waals surface area contributed by atoms with Crippen molar-refractivity contribution in [1.82, 2.24) is 15.0 Å². The molecule has 4 rings (SSSR count). The highest BCUT2D eigenvalue weighted by Crippen LogP contribution is 2.29. The summed E-state index contributed by atoms with van der Waals surface area (Å²) >= 11 is 6.06. The van der Waals surface area contributed by atoms with Gasteiger partial charge in [-0.2, -0.15) is 0 Å². The summed E-state index contributed by atoms with van der Waals surface area (Å²) in [6.45, 7) is 3.36. The second-order valence-corrected chi connectivity index (χ2v) is 8.33. The normalized spacial score (nSPS) is 14.2. The number of carbonyl (C=O) groups excluding carboxylic acids is 2. The molecule has 0 saturated carbocycles. The number of ketones is 1. The number of benzene rings is 1. The highest BCUT2D eigenvalue weighted by molar-refractivity contribution is 6.30. The minimum absolute atomic E-state index is 0.0475. The Morgan fingerprint density at radius 3 is 2.52 bits per heavy atom. The van der Waals surface area contributed by atoms with Crippen LogP contribution in [0.5, 0.6) is 0 Å². The lowest BCUT2D eigenvalue weighted by atomic mass is 9.91. The molecule has 1 saturated heterocycles. The van der Waals surface area contributed by atoms with Crippen molar-refractivity contribution in [1.29, 1.82) is 0 Å². The van der Waals surface area contributed by atoms with Crippen LogP contribution in [0.2, 0.25) is 5.02 Å². The van der Waals surface area contributed by atoms with Crippen molar-refractivity contribution >= 4 is 29.2 Å². The highest BCUT2D eigenvalue weighted by Gasteiger charge is 2.27. The first-order valence-corrected chi connectivity index (χ1v) is 11.4. The van der Waals surface area contributed by atoms with Crippen molar-refractivity contribution in [2.24, 2.45) is 5.92 Å². The van der Waals surface area contributed by atoms with E-state index < -0.39 is 5.97 Å². The van der Waals surface area contributed by atoms with Gasteiger partial charge in [-0.05, 0) is 44.0 Å². The predicted octanol–water partition coefficient (Wildman–Crippen LogP) is 4.60. The Balaban J connectivity index is 1.56. The summed E-state index contributed by atoms with van der Waals surface area (Å²) in [7, 11) is 0. The maximum Gasteiger partial charge on any atom is 0.313 e. The molecule has 3 aromatic rings. The minimum Gasteiger partial charge on any atom is -0.466 e. The molecule has 0 atom stereocenters. The number of piperidine rings is 1. The van der Waals surface area contributed by atoms with Crippen LogP contribution < -0.4 is 4.90 Å². The standard InChI is InChI=1S/C25H25ClN4O3/c1-2-33-24(32)15-22(31)18-9-12-30(13-10-18)23-14-21(17-5-7-20(26)8-6-17)28-25(29-23)19-4-3-11-27-16-19/h3-8,11,14,16,18H,2,9-10,12-13,15H2,1H3. The first-order chi connectivity index (χ1) is 16.0. The average Bonchev–Trinajstić information content (AvgIpc) is 2.85. The molecule has 1 fully saturated rings. The predicted molar refractivity (Wildman–Crippen MR) is 127 cm³/mol. The van der Waals surface area contributed by atoms with Crippen LogP contribution in [-0.2, 0) is 14.3 Å². The molecule has 1 aromatic carbocycles. The quantitative estimate of drug-likeness (QED) is 0.373. The third-order valence-corrected chi connectivity index (χ3v) is 5.92. The SMILES string of the molecule is CCOC(=O)CC(=O)C1CCN(c2cc(-c3ccc(Cl)cc3)nc(-c3cccnc3)n2)CC1. The number of hydrogen-bond donors (Lipinski definition) is 0. The summed E-state index contributed by atoms with van der Waals surface area (Å²) < 4.78 is 4.91. The lowest BCUT2D eigenvalue weighted by molar-refractivity contribution is -0.146. The van der Waals surface area contributed by atoms with Gasteiger partial charge in [-0.25, -0.2) is 9.97 Å². The number of nitrogens with zero attached hydrogens (tertiary/aromatic N) is 4. The van der Waals surface area contributed by atoms with Gasteiger partial charge >= 0.3 is 5.97 Å². The van der Waals surface area contributed by atoms with E-state index >= 15 is 0 Å². The molecule has 3 heterocycles. The Morgan fingerprint density at radius 2 is 1.85 bits per heavy atom. The number of Topliss-reactive ketones (excluding diaryl/α,β-unsaturated/α-hetero) is 1. The third kappa shape index (κ3) is 5.73. The monoisotopic (exact) mass is 464 g/mol. The van der Waals surface area contributed by atoms with Gasteiger partial charge in [0.25, 0.3) is 0 Å². The number of ether oxygens (including phenoxy) is 1. The van der Waals surface area contributed by atoms with Crippen LogP contribution in [0.3, 0.4) is 0 Å². The van der Waals surface area contributed by atoms with E-state index in [1.165, 1.54) is 0 Å². The van der Waals surface area contributed by atoms with Crippen LogP contribution >= 0.6 is 11.6 Å². The first kappa shape index (κ1) is 22.9. The molecule has 8 heteroatoms. The van der Waals surface area contributed by atoms with Gasteiger partial charge in [0.2, 0.25) is 0 Å². The Bertz CT molecular complexity index is 1110. The van der Waals surface area contributed by atoms with E-state index in [2.05, 4.69) is 9.88 Å². The molecule has 0 N–H and O–H groups in total. The molecule has 0 unspecified atom stereocenters. The minimum atomic E-state index is -0.450. The van der Waals surface area contributed by atoms with E-state index in [1.807, 2.05) is 42.5 Å². The lowest BCUT2D eigenvalue weighted by Crippen LogP contribution is -2.37. The van der Waals surface area contributed by atoms with Gasteiger partial charge in [0.15, 0.2) is 5.82 Å². The highest BCUT2D eigenvalue weighted by atomic mass is 35.5. The maximum atomic E-state index is 12.5. The van der Waals surface area contributed by atoms with Crippen LogP contribution in [0.15, 0.2) is 54.9 Å². The smallest absolute Gasteiger partial charge is 0.313 e. The average molecular weight is 465 g/mol. The van der Waals surface area contributed by atoms with Crippen molar-refractivity contribution in [3.63, 3.8) is 0 Å². The third-order valence-electron chi connectivity index (χ3n) is 5.67. The molecule has 170 valence electrons. The number of aromatic nitrogens is 3. The number of rotatable bonds is 7. The van der Waals surface area contributed by atoms with Crippen molar-refractivity contribution in [3.05, 3.63) is 59.9 Å². The summed E-state index contributed by atoms with van der Waals surface area (Å²) in [6, 6.07) is 13.3. The second-order valence-electron chi connectivity index (χ2n) is 7.89. The lowest BCUT2D eigenvalue weighted by Gasteiger charge is -2.32. The summed E-state index contributed by atoms with van der Waals surface area (Å²) in [5, 5.41) is 0.662. The zero-order chi connectivity index (χ0) is 23.2. The summed E-state index contributed by atoms with van der Waals surface area (Å²) in [5.41, 5.74) is 2.55. The van der Waals surface area contributed by atoms with Crippen molar-refractivity contribution in [2.75, 3.05) is 24.6 Å². The fourth-order valence-corrected chi connectivity index (χ4v) is 4.04. The maximum absolute atomic E-state index is 12.5. The number of esters is 1. The fraction of sp³-hybridized carbons (Fsp3) is 0.320. The van der Waals surface area contributed by atoms with Gasteiger partial charge in [-0.15, -0.1) is 0 Å². The van der Waals surface area contributed by atoms with Crippen molar-refractivity contribution in [2.45, 2.75) is 26.2 Å². The number of pyridine rings is 1. The number of hydrogen-bond acceptors (Lipinski definition) is 7. The Labute approximate surface area is 197 Å². The largest absolute Gasteiger partial charge is 0.466 e. The van der Waals surface area contributed by atoms with Gasteiger partial charge < -0.3 is 9.64 Å². The second kappa shape index (κ2) is 10.5. The van der Waals surface area contributed by atoms with Crippen LogP contribution in [0.4, 0.5) is 5.82 Å². The van der Waals surface area contributed by atoms with E-state index in [4.69, 9.17) is 26.3 Å². The molecule has 1 aliphatic heterocycles. The molecule has 7 nitrogen and oxygen atoms in total. The molecule has 0 spiro atoms. The Morgan fingerprint density at radius 1 is 1.09 bits per heavy atom. The zero-order valence-corrected chi connectivity index (χ0v) is 19.2. The molecule has 0 radical (unpaired) electrons. The van der Waals surface area contributed by atoms with Crippen molar-refractivity contribution < 1.29 is 14.3 Å². The molecular formula is C25H25ClN4O3. The van der Waals surface area contributed by atoms with E-state index in [0.717, 1.165) is 22.6 Å². The first-order valence-electron chi connectivity index (χ1n) is 11.0. The number of carbonyl (C=O) groups is 2. The fourth-order valence-electron chi connectivity index (χ4n) is 3.92. The zero-order valence-electron chi connectivity index (χ0n) is 18.4. The van der Waals surface area contributed by atoms with E-state index in [-0.39, 0.29) is 24.7 Å². The van der Waals surface area contributed by atoms with Gasteiger partial charge in [0.05, 0.1) is 12.3 Å². The molecular weight excluding hydrogens is 440 g/mol. The molecule has 0 amide bonds. The summed E-state index contributed by atoms with van der Waals surface area (Å²) in [5.74, 6) is 0.750. The molecule has 2 aromatic heterocycles. The molecule has 33 heavy (non-hydrogen) atoms. The van der Waals surface area contributed by atoms with E-state index in [0.29, 0.717) is 36.8 Å². The molecule has 1 aliphatic rings. The summed E-state index contributed by atoms with van der Waals surface area (Å²) in [4.78, 5) is 40.1. The Hall–Kier alpha value is -3.32. The van der Waals surface area contributed by atoms with Gasteiger partial charge in [0.1, 0.15) is 18.0 Å². The number of anilines is 1. The van der Waals surface area contributed by atoms with E-state index in [9.17, 15) is 9.59 Å². The number of halogens is 1. The molecule has 0 bridgehead atoms. The Kier molecular flexibility index (Phi) is 7.29. The molecule has 0 aliphatic carbocycles. The topological polar surface area (TPSA) is 85.3 Å². The van der Waals surface area contributed by atoms with Crippen LogP contribution in [-0.4, -0.2) is 46.4 Å². The van der Waals surface area contributed by atoms with Gasteiger partial charge in [0, 0.05) is 53.6 Å². The van der Waals surface area contributed by atoms with Gasteiger partial charge in [-0.3, -0.25) is 14.6 Å². The van der Waals surface area contributed by atoms with Gasteiger partial charge in [-0.1, -0.05) is 23.7 Å². The van der Waals surface area contributed by atoms with E-state index in [1.54, 1.807) is 19.3 Å².